The first kappa shape index (κ1) is 19.4. The molecule has 1 heterocycles. The Hall–Kier alpha value is -3.35. The van der Waals surface area contributed by atoms with Crippen molar-refractivity contribution in [2.24, 2.45) is 0 Å². The molecule has 146 valence electrons. The van der Waals surface area contributed by atoms with Crippen molar-refractivity contribution in [1.82, 2.24) is 15.5 Å². The van der Waals surface area contributed by atoms with Crippen LogP contribution < -0.4 is 14.8 Å². The first-order valence-corrected chi connectivity index (χ1v) is 9.14. The van der Waals surface area contributed by atoms with Gasteiger partial charge in [-0.1, -0.05) is 29.4 Å². The van der Waals surface area contributed by atoms with Crippen LogP contribution in [-0.2, 0) is 17.6 Å². The van der Waals surface area contributed by atoms with Gasteiger partial charge in [0.1, 0.15) is 11.5 Å². The van der Waals surface area contributed by atoms with E-state index < -0.39 is 0 Å². The van der Waals surface area contributed by atoms with Crippen molar-refractivity contribution in [3.8, 4) is 22.9 Å². The zero-order chi connectivity index (χ0) is 19.8. The second-order valence-electron chi connectivity index (χ2n) is 6.07. The Kier molecular flexibility index (Phi) is 6.62. The number of ether oxygens (including phenoxy) is 2. The van der Waals surface area contributed by atoms with Crippen LogP contribution in [0.15, 0.2) is 53.1 Å². The summed E-state index contributed by atoms with van der Waals surface area (Å²) in [5, 5.41) is 6.86. The van der Waals surface area contributed by atoms with E-state index in [9.17, 15) is 4.79 Å². The van der Waals surface area contributed by atoms with Gasteiger partial charge < -0.3 is 19.3 Å². The van der Waals surface area contributed by atoms with E-state index in [1.165, 1.54) is 0 Å². The van der Waals surface area contributed by atoms with Crippen LogP contribution in [0.5, 0.6) is 11.5 Å². The van der Waals surface area contributed by atoms with E-state index in [2.05, 4.69) is 15.5 Å². The van der Waals surface area contributed by atoms with Crippen molar-refractivity contribution >= 4 is 5.91 Å². The van der Waals surface area contributed by atoms with Gasteiger partial charge in [-0.15, -0.1) is 0 Å². The molecule has 1 amide bonds. The maximum atomic E-state index is 12.1. The van der Waals surface area contributed by atoms with Crippen molar-refractivity contribution in [3.05, 3.63) is 60.0 Å². The maximum absolute atomic E-state index is 12.1. The third kappa shape index (κ3) is 5.09. The number of carbonyl (C=O) groups is 1. The number of rotatable bonds is 9. The number of amides is 1. The standard InChI is InChI=1S/C21H23N3O4/c1-3-27-16-10-8-15(9-11-16)14-19(25)22-13-12-20-23-21(24-28-20)17-6-4-5-7-18(17)26-2/h4-11H,3,12-14H2,1-2H3,(H,22,25). The number of hydrogen-bond donors (Lipinski definition) is 1. The molecule has 0 aliphatic rings. The van der Waals surface area contributed by atoms with Gasteiger partial charge in [-0.2, -0.15) is 4.98 Å². The third-order valence-electron chi connectivity index (χ3n) is 4.08. The highest BCUT2D eigenvalue weighted by molar-refractivity contribution is 5.78. The molecule has 3 aromatic rings. The van der Waals surface area contributed by atoms with Crippen LogP contribution in [0.4, 0.5) is 0 Å². The van der Waals surface area contributed by atoms with Gasteiger partial charge in [0, 0.05) is 13.0 Å². The summed E-state index contributed by atoms with van der Waals surface area (Å²) in [5.41, 5.74) is 1.69. The molecule has 0 spiro atoms. The number of benzene rings is 2. The lowest BCUT2D eigenvalue weighted by molar-refractivity contribution is -0.120. The van der Waals surface area contributed by atoms with Crippen molar-refractivity contribution in [1.29, 1.82) is 0 Å². The zero-order valence-corrected chi connectivity index (χ0v) is 16.0. The predicted octanol–water partition coefficient (Wildman–Crippen LogP) is 3.05. The minimum atomic E-state index is -0.0615. The van der Waals surface area contributed by atoms with E-state index in [1.807, 2.05) is 55.5 Å². The summed E-state index contributed by atoms with van der Waals surface area (Å²) in [4.78, 5) is 16.5. The Labute approximate surface area is 163 Å². The normalized spacial score (nSPS) is 10.5. The molecule has 7 heteroatoms. The van der Waals surface area contributed by atoms with Crippen LogP contribution >= 0.6 is 0 Å². The van der Waals surface area contributed by atoms with Crippen LogP contribution in [0.2, 0.25) is 0 Å². The predicted molar refractivity (Wildman–Crippen MR) is 104 cm³/mol. The Balaban J connectivity index is 1.48. The first-order chi connectivity index (χ1) is 13.7. The van der Waals surface area contributed by atoms with Gasteiger partial charge in [0.15, 0.2) is 0 Å². The Morgan fingerprint density at radius 1 is 1.14 bits per heavy atom. The van der Waals surface area contributed by atoms with Crippen molar-refractivity contribution in [2.45, 2.75) is 19.8 Å². The van der Waals surface area contributed by atoms with Gasteiger partial charge in [0.05, 0.1) is 25.7 Å². The van der Waals surface area contributed by atoms with E-state index in [-0.39, 0.29) is 5.91 Å². The monoisotopic (exact) mass is 381 g/mol. The number of hydrogen-bond acceptors (Lipinski definition) is 6. The summed E-state index contributed by atoms with van der Waals surface area (Å²) in [6.07, 6.45) is 0.764. The average molecular weight is 381 g/mol. The van der Waals surface area contributed by atoms with E-state index >= 15 is 0 Å². The summed E-state index contributed by atoms with van der Waals surface area (Å²) in [6, 6.07) is 15.0. The van der Waals surface area contributed by atoms with Gasteiger partial charge in [-0.25, -0.2) is 0 Å². The summed E-state index contributed by atoms with van der Waals surface area (Å²) in [6.45, 7) is 2.97. The summed E-state index contributed by atoms with van der Waals surface area (Å²) in [5.74, 6) is 2.34. The third-order valence-corrected chi connectivity index (χ3v) is 4.08. The molecule has 0 bridgehead atoms. The van der Waals surface area contributed by atoms with Gasteiger partial charge in [0.2, 0.25) is 17.6 Å². The molecule has 28 heavy (non-hydrogen) atoms. The highest BCUT2D eigenvalue weighted by Crippen LogP contribution is 2.27. The molecular formula is C21H23N3O4. The molecule has 0 fully saturated rings. The summed E-state index contributed by atoms with van der Waals surface area (Å²) < 4.78 is 16.0. The summed E-state index contributed by atoms with van der Waals surface area (Å²) >= 11 is 0. The van der Waals surface area contributed by atoms with Crippen LogP contribution in [0.25, 0.3) is 11.4 Å². The van der Waals surface area contributed by atoms with Gasteiger partial charge >= 0.3 is 0 Å². The molecule has 0 radical (unpaired) electrons. The second kappa shape index (κ2) is 9.55. The van der Waals surface area contributed by atoms with Crippen molar-refractivity contribution < 1.29 is 18.8 Å². The van der Waals surface area contributed by atoms with E-state index in [1.54, 1.807) is 7.11 Å². The molecule has 2 aromatic carbocycles. The van der Waals surface area contributed by atoms with Gasteiger partial charge in [-0.05, 0) is 36.8 Å². The highest BCUT2D eigenvalue weighted by atomic mass is 16.5. The molecule has 7 nitrogen and oxygen atoms in total. The molecule has 0 saturated heterocycles. The fourth-order valence-electron chi connectivity index (χ4n) is 2.72. The van der Waals surface area contributed by atoms with E-state index in [0.717, 1.165) is 16.9 Å². The minimum absolute atomic E-state index is 0.0615. The van der Waals surface area contributed by atoms with Crippen LogP contribution in [0, 0.1) is 0 Å². The molecule has 0 aliphatic carbocycles. The minimum Gasteiger partial charge on any atom is -0.496 e. The quantitative estimate of drug-likeness (QED) is 0.613. The lowest BCUT2D eigenvalue weighted by Crippen LogP contribution is -2.27. The highest BCUT2D eigenvalue weighted by Gasteiger charge is 2.13. The molecule has 1 N–H and O–H groups in total. The number of carbonyl (C=O) groups excluding carboxylic acids is 1. The maximum Gasteiger partial charge on any atom is 0.228 e. The molecule has 0 saturated carbocycles. The number of nitrogens with one attached hydrogen (secondary N) is 1. The number of aromatic nitrogens is 2. The molecule has 0 atom stereocenters. The molecule has 0 unspecified atom stereocenters. The number of para-hydroxylation sites is 1. The van der Waals surface area contributed by atoms with E-state index in [4.69, 9.17) is 14.0 Å². The molecule has 1 aromatic heterocycles. The topological polar surface area (TPSA) is 86.5 Å². The van der Waals surface area contributed by atoms with Crippen molar-refractivity contribution in [2.75, 3.05) is 20.3 Å². The Morgan fingerprint density at radius 2 is 1.93 bits per heavy atom. The molecular weight excluding hydrogens is 358 g/mol. The second-order valence-corrected chi connectivity index (χ2v) is 6.07. The zero-order valence-electron chi connectivity index (χ0n) is 16.0. The van der Waals surface area contributed by atoms with Crippen LogP contribution in [-0.4, -0.2) is 36.3 Å². The van der Waals surface area contributed by atoms with Crippen LogP contribution in [0.1, 0.15) is 18.4 Å². The average Bonchev–Trinajstić information content (AvgIpc) is 3.18. The number of nitrogens with zero attached hydrogens (tertiary/aromatic N) is 2. The lowest BCUT2D eigenvalue weighted by Gasteiger charge is -2.06. The van der Waals surface area contributed by atoms with Crippen LogP contribution in [0.3, 0.4) is 0 Å². The van der Waals surface area contributed by atoms with E-state index in [0.29, 0.717) is 43.5 Å². The lowest BCUT2D eigenvalue weighted by atomic mass is 10.1. The molecule has 3 rings (SSSR count). The first-order valence-electron chi connectivity index (χ1n) is 9.14. The Bertz CT molecular complexity index is 906. The SMILES string of the molecule is CCOc1ccc(CC(=O)NCCc2nc(-c3ccccc3OC)no2)cc1. The van der Waals surface area contributed by atoms with Crippen molar-refractivity contribution in [3.63, 3.8) is 0 Å². The summed E-state index contributed by atoms with van der Waals surface area (Å²) in [7, 11) is 1.60. The van der Waals surface area contributed by atoms with Gasteiger partial charge in [0.25, 0.3) is 0 Å². The van der Waals surface area contributed by atoms with Gasteiger partial charge in [-0.3, -0.25) is 4.79 Å². The largest absolute Gasteiger partial charge is 0.496 e. The fourth-order valence-corrected chi connectivity index (χ4v) is 2.72. The number of methoxy groups -OCH3 is 1. The smallest absolute Gasteiger partial charge is 0.228 e. The Morgan fingerprint density at radius 3 is 2.68 bits per heavy atom. The fraction of sp³-hybridized carbons (Fsp3) is 0.286. The molecule has 0 aliphatic heterocycles.